The Morgan fingerprint density at radius 2 is 1.95 bits per heavy atom. The molecule has 3 heteroatoms. The second-order valence-electron chi connectivity index (χ2n) is 4.28. The minimum absolute atomic E-state index is 0.832. The summed E-state index contributed by atoms with van der Waals surface area (Å²) in [5.74, 6) is 2.63. The molecule has 0 radical (unpaired) electrons. The van der Waals surface area contributed by atoms with Gasteiger partial charge in [0.05, 0.1) is 5.56 Å². The Kier molecular flexibility index (Phi) is 2.94. The van der Waals surface area contributed by atoms with Crippen LogP contribution >= 0.6 is 11.3 Å². The first kappa shape index (κ1) is 11.8. The molecular weight excluding hydrogens is 252 g/mol. The van der Waals surface area contributed by atoms with Gasteiger partial charge in [0.15, 0.2) is 0 Å². The number of thiophene rings is 1. The molecule has 1 aromatic heterocycles. The van der Waals surface area contributed by atoms with Crippen LogP contribution in [-0.2, 0) is 7.05 Å². The van der Waals surface area contributed by atoms with Crippen LogP contribution in [0.2, 0.25) is 0 Å². The molecule has 1 aromatic carbocycles. The zero-order chi connectivity index (χ0) is 13.2. The lowest BCUT2D eigenvalue weighted by Crippen LogP contribution is -1.87. The normalized spacial score (nSPS) is 10.3. The van der Waals surface area contributed by atoms with E-state index < -0.39 is 0 Å². The molecule has 0 unspecified atom stereocenters. The van der Waals surface area contributed by atoms with Crippen molar-refractivity contribution in [2.45, 2.75) is 0 Å². The Bertz CT molecular complexity index is 721. The molecule has 1 aliphatic carbocycles. The topological polar surface area (TPSA) is 17.8 Å². The summed E-state index contributed by atoms with van der Waals surface area (Å²) in [6, 6.07) is 12.1. The molecule has 0 atom stereocenters. The van der Waals surface area contributed by atoms with E-state index >= 15 is 0 Å². The molecule has 2 nitrogen and oxygen atoms in total. The summed E-state index contributed by atoms with van der Waals surface area (Å²) < 4.78 is 1.73. The van der Waals surface area contributed by atoms with Gasteiger partial charge in [0.2, 0.25) is 0 Å². The van der Waals surface area contributed by atoms with Gasteiger partial charge in [-0.15, -0.1) is 17.8 Å². The molecule has 2 aromatic rings. The highest BCUT2D eigenvalue weighted by molar-refractivity contribution is 7.18. The van der Waals surface area contributed by atoms with Gasteiger partial charge >= 0.3 is 0 Å². The zero-order valence-electron chi connectivity index (χ0n) is 10.5. The van der Waals surface area contributed by atoms with E-state index in [1.165, 1.54) is 10.4 Å². The first-order valence-corrected chi connectivity index (χ1v) is 6.80. The summed E-state index contributed by atoms with van der Waals surface area (Å²) in [5, 5.41) is 6.49. The van der Waals surface area contributed by atoms with E-state index in [0.717, 1.165) is 16.8 Å². The van der Waals surface area contributed by atoms with E-state index in [1.54, 1.807) is 4.68 Å². The van der Waals surface area contributed by atoms with Crippen molar-refractivity contribution in [1.82, 2.24) is 9.78 Å². The van der Waals surface area contributed by atoms with Crippen molar-refractivity contribution in [1.29, 1.82) is 0 Å². The molecule has 0 fully saturated rings. The van der Waals surface area contributed by atoms with E-state index in [4.69, 9.17) is 6.42 Å². The third-order valence-corrected chi connectivity index (χ3v) is 3.81. The fourth-order valence-corrected chi connectivity index (χ4v) is 2.42. The maximum absolute atomic E-state index is 5.40. The number of terminal acetylenes is 1. The fourth-order valence-electron chi connectivity index (χ4n) is 1.77. The van der Waals surface area contributed by atoms with Crippen LogP contribution < -0.4 is 0 Å². The summed E-state index contributed by atoms with van der Waals surface area (Å²) in [5.41, 5.74) is 4.24. The van der Waals surface area contributed by atoms with Crippen molar-refractivity contribution in [3.8, 4) is 34.0 Å². The second kappa shape index (κ2) is 4.75. The van der Waals surface area contributed by atoms with Crippen LogP contribution in [0.5, 0.6) is 0 Å². The van der Waals surface area contributed by atoms with Gasteiger partial charge in [-0.2, -0.15) is 5.10 Å². The highest BCUT2D eigenvalue weighted by Crippen LogP contribution is 2.42. The Morgan fingerprint density at radius 3 is 2.42 bits per heavy atom. The summed E-state index contributed by atoms with van der Waals surface area (Å²) in [7, 11) is 1.87. The first-order valence-electron chi connectivity index (χ1n) is 5.92. The molecule has 19 heavy (non-hydrogen) atoms. The molecule has 0 bridgehead atoms. The van der Waals surface area contributed by atoms with Gasteiger partial charge in [0, 0.05) is 34.6 Å². The van der Waals surface area contributed by atoms with E-state index in [1.807, 2.05) is 54.9 Å². The van der Waals surface area contributed by atoms with Crippen molar-refractivity contribution in [3.05, 3.63) is 53.5 Å². The van der Waals surface area contributed by atoms with Crippen LogP contribution in [0.3, 0.4) is 0 Å². The maximum Gasteiger partial charge on any atom is 0.108 e. The largest absolute Gasteiger partial charge is 0.274 e. The lowest BCUT2D eigenvalue weighted by molar-refractivity contribution is 0.771. The SMILES string of the molecule is C#Cc1cn(C)nc1-c1ccccc1.c1sc2cc1-2. The van der Waals surface area contributed by atoms with Gasteiger partial charge < -0.3 is 0 Å². The number of hydrogen-bond acceptors (Lipinski definition) is 2. The van der Waals surface area contributed by atoms with Gasteiger partial charge in [0.1, 0.15) is 5.69 Å². The number of aryl methyl sites for hydroxylation is 1. The van der Waals surface area contributed by atoms with E-state index in [-0.39, 0.29) is 0 Å². The molecule has 0 saturated carbocycles. The molecule has 4 rings (SSSR count). The molecule has 92 valence electrons. The van der Waals surface area contributed by atoms with Gasteiger partial charge in [-0.1, -0.05) is 36.3 Å². The number of aromatic nitrogens is 2. The average Bonchev–Trinajstić information content (AvgIpc) is 2.86. The van der Waals surface area contributed by atoms with E-state index in [9.17, 15) is 0 Å². The van der Waals surface area contributed by atoms with Gasteiger partial charge in [0.25, 0.3) is 0 Å². The van der Waals surface area contributed by atoms with Gasteiger partial charge in [-0.05, 0) is 6.07 Å². The second-order valence-corrected chi connectivity index (χ2v) is 5.19. The third kappa shape index (κ3) is 2.44. The maximum atomic E-state index is 5.40. The predicted octanol–water partition coefficient (Wildman–Crippen LogP) is 3.80. The Labute approximate surface area is 116 Å². The lowest BCUT2D eigenvalue weighted by atomic mass is 10.1. The van der Waals surface area contributed by atoms with Crippen molar-refractivity contribution in [2.24, 2.45) is 7.05 Å². The van der Waals surface area contributed by atoms with Gasteiger partial charge in [-0.25, -0.2) is 0 Å². The number of rotatable bonds is 1. The standard InChI is InChI=1S/C12H10N2.C4H2S/c1-3-10-9-14(2)13-12(10)11-7-5-4-6-8-11;1-3-2-5-4(1)3/h1,4-9H,2H3;1-2H. The minimum atomic E-state index is 0.832. The van der Waals surface area contributed by atoms with E-state index in [0.29, 0.717) is 0 Å². The summed E-state index contributed by atoms with van der Waals surface area (Å²) in [6.45, 7) is 0. The molecule has 2 heterocycles. The van der Waals surface area contributed by atoms with E-state index in [2.05, 4.69) is 22.5 Å². The summed E-state index contributed by atoms with van der Waals surface area (Å²) in [6.07, 6.45) is 7.25. The summed E-state index contributed by atoms with van der Waals surface area (Å²) in [4.78, 5) is 1.50. The number of benzene rings is 1. The fraction of sp³-hybridized carbons (Fsp3) is 0.0625. The van der Waals surface area contributed by atoms with Crippen LogP contribution in [0, 0.1) is 12.3 Å². The van der Waals surface area contributed by atoms with Crippen LogP contribution in [0.25, 0.3) is 21.7 Å². The predicted molar refractivity (Wildman–Crippen MR) is 79.9 cm³/mol. The molecule has 0 amide bonds. The molecule has 0 saturated heterocycles. The number of fused-ring (bicyclic) bond motifs is 1. The van der Waals surface area contributed by atoms with Crippen LogP contribution in [0.1, 0.15) is 5.56 Å². The van der Waals surface area contributed by atoms with Crippen LogP contribution in [0.4, 0.5) is 0 Å². The monoisotopic (exact) mass is 264 g/mol. The van der Waals surface area contributed by atoms with Crippen LogP contribution in [0.15, 0.2) is 48.0 Å². The van der Waals surface area contributed by atoms with Crippen LogP contribution in [-0.4, -0.2) is 9.78 Å². The Balaban J connectivity index is 0.000000180. The Hall–Kier alpha value is -2.31. The molecule has 2 aliphatic rings. The summed E-state index contributed by atoms with van der Waals surface area (Å²) >= 11 is 1.83. The first-order chi connectivity index (χ1) is 9.28. The smallest absolute Gasteiger partial charge is 0.108 e. The van der Waals surface area contributed by atoms with Gasteiger partial charge in [-0.3, -0.25) is 4.68 Å². The Morgan fingerprint density at radius 1 is 1.21 bits per heavy atom. The number of hydrogen-bond donors (Lipinski definition) is 0. The van der Waals surface area contributed by atoms with Crippen molar-refractivity contribution >= 4 is 11.3 Å². The third-order valence-electron chi connectivity index (χ3n) is 2.83. The van der Waals surface area contributed by atoms with Crippen molar-refractivity contribution in [3.63, 3.8) is 0 Å². The highest BCUT2D eigenvalue weighted by Gasteiger charge is 2.12. The van der Waals surface area contributed by atoms with Crippen molar-refractivity contribution in [2.75, 3.05) is 0 Å². The number of nitrogens with zero attached hydrogens (tertiary/aromatic N) is 2. The molecule has 1 aliphatic heterocycles. The van der Waals surface area contributed by atoms with Crippen molar-refractivity contribution < 1.29 is 0 Å². The molecular formula is C16H12N2S. The molecule has 0 spiro atoms. The quantitative estimate of drug-likeness (QED) is 0.478. The molecule has 0 N–H and O–H groups in total. The lowest BCUT2D eigenvalue weighted by Gasteiger charge is -1.95. The highest BCUT2D eigenvalue weighted by atomic mass is 32.1. The minimum Gasteiger partial charge on any atom is -0.274 e. The average molecular weight is 264 g/mol. The zero-order valence-corrected chi connectivity index (χ0v) is 11.3.